The molecule has 0 bridgehead atoms. The van der Waals surface area contributed by atoms with E-state index in [0.717, 1.165) is 44.3 Å². The van der Waals surface area contributed by atoms with Crippen molar-refractivity contribution >= 4 is 0 Å². The van der Waals surface area contributed by atoms with Crippen LogP contribution in [0.1, 0.15) is 37.7 Å². The SMILES string of the molecule is OC1(C2=CN(CCc3ccccc3)NN2)CCCCC1. The van der Waals surface area contributed by atoms with E-state index in [0.29, 0.717) is 0 Å². The van der Waals surface area contributed by atoms with E-state index in [1.807, 2.05) is 17.3 Å². The Labute approximate surface area is 120 Å². The van der Waals surface area contributed by atoms with E-state index in [1.165, 1.54) is 12.0 Å². The van der Waals surface area contributed by atoms with Crippen molar-refractivity contribution in [3.8, 4) is 0 Å². The van der Waals surface area contributed by atoms with Crippen LogP contribution in [0.15, 0.2) is 42.2 Å². The van der Waals surface area contributed by atoms with Crippen LogP contribution in [0.5, 0.6) is 0 Å². The van der Waals surface area contributed by atoms with Crippen LogP contribution in [-0.2, 0) is 6.42 Å². The van der Waals surface area contributed by atoms with Gasteiger partial charge in [0.15, 0.2) is 0 Å². The van der Waals surface area contributed by atoms with E-state index in [1.54, 1.807) is 0 Å². The van der Waals surface area contributed by atoms with Gasteiger partial charge < -0.3 is 10.5 Å². The number of rotatable bonds is 4. The number of nitrogens with zero attached hydrogens (tertiary/aromatic N) is 1. The Bertz CT molecular complexity index is 466. The lowest BCUT2D eigenvalue weighted by atomic mass is 9.83. The quantitative estimate of drug-likeness (QED) is 0.786. The number of hydrogen-bond donors (Lipinski definition) is 3. The molecule has 1 saturated carbocycles. The zero-order valence-electron chi connectivity index (χ0n) is 11.8. The molecule has 0 spiro atoms. The zero-order valence-corrected chi connectivity index (χ0v) is 11.8. The van der Waals surface area contributed by atoms with Crippen molar-refractivity contribution in [2.75, 3.05) is 6.54 Å². The molecule has 20 heavy (non-hydrogen) atoms. The van der Waals surface area contributed by atoms with Crippen molar-refractivity contribution in [1.82, 2.24) is 16.0 Å². The molecule has 0 amide bonds. The summed E-state index contributed by atoms with van der Waals surface area (Å²) in [7, 11) is 0. The molecule has 4 nitrogen and oxygen atoms in total. The topological polar surface area (TPSA) is 47.5 Å². The Morgan fingerprint density at radius 3 is 2.60 bits per heavy atom. The van der Waals surface area contributed by atoms with Gasteiger partial charge in [-0.25, -0.2) is 0 Å². The summed E-state index contributed by atoms with van der Waals surface area (Å²) in [6, 6.07) is 10.5. The van der Waals surface area contributed by atoms with Crippen LogP contribution in [0.25, 0.3) is 0 Å². The molecule has 0 aromatic heterocycles. The molecule has 1 aromatic rings. The van der Waals surface area contributed by atoms with E-state index in [4.69, 9.17) is 0 Å². The standard InChI is InChI=1S/C16H23N3O/c20-16(10-5-2-6-11-16)15-13-19(18-17-15)12-9-14-7-3-1-4-8-14/h1,3-4,7-8,13,17-18,20H,2,5-6,9-12H2. The van der Waals surface area contributed by atoms with Crippen LogP contribution >= 0.6 is 0 Å². The van der Waals surface area contributed by atoms with Crippen LogP contribution in [0.3, 0.4) is 0 Å². The second kappa shape index (κ2) is 5.85. The molecule has 1 heterocycles. The lowest BCUT2D eigenvalue weighted by Crippen LogP contribution is -2.43. The van der Waals surface area contributed by atoms with Gasteiger partial charge in [0.2, 0.25) is 0 Å². The monoisotopic (exact) mass is 273 g/mol. The van der Waals surface area contributed by atoms with E-state index in [9.17, 15) is 5.11 Å². The van der Waals surface area contributed by atoms with Crippen molar-refractivity contribution < 1.29 is 5.11 Å². The highest BCUT2D eigenvalue weighted by Gasteiger charge is 2.35. The molecule has 1 aliphatic heterocycles. The molecule has 0 saturated heterocycles. The van der Waals surface area contributed by atoms with Crippen molar-refractivity contribution in [2.45, 2.75) is 44.1 Å². The highest BCUT2D eigenvalue weighted by atomic mass is 16.3. The second-order valence-corrected chi connectivity index (χ2v) is 5.80. The Kier molecular flexibility index (Phi) is 3.94. The van der Waals surface area contributed by atoms with Crippen LogP contribution < -0.4 is 11.0 Å². The van der Waals surface area contributed by atoms with E-state index < -0.39 is 5.60 Å². The maximum Gasteiger partial charge on any atom is 0.107 e. The van der Waals surface area contributed by atoms with Crippen LogP contribution in [0.4, 0.5) is 0 Å². The Morgan fingerprint density at radius 2 is 1.85 bits per heavy atom. The summed E-state index contributed by atoms with van der Waals surface area (Å²) in [4.78, 5) is 0. The maximum absolute atomic E-state index is 10.7. The van der Waals surface area contributed by atoms with Crippen molar-refractivity contribution in [1.29, 1.82) is 0 Å². The summed E-state index contributed by atoms with van der Waals surface area (Å²) >= 11 is 0. The van der Waals surface area contributed by atoms with Crippen molar-refractivity contribution in [3.63, 3.8) is 0 Å². The molecule has 1 aliphatic carbocycles. The molecule has 3 rings (SSSR count). The minimum absolute atomic E-state index is 0.660. The van der Waals surface area contributed by atoms with Gasteiger partial charge in [-0.05, 0) is 24.8 Å². The maximum atomic E-state index is 10.7. The number of benzene rings is 1. The van der Waals surface area contributed by atoms with Gasteiger partial charge in [-0.1, -0.05) is 49.6 Å². The smallest absolute Gasteiger partial charge is 0.107 e. The molecule has 1 aromatic carbocycles. The third-order valence-electron chi connectivity index (χ3n) is 4.29. The molecule has 1 fully saturated rings. The van der Waals surface area contributed by atoms with Crippen molar-refractivity contribution in [2.24, 2.45) is 0 Å². The van der Waals surface area contributed by atoms with E-state index >= 15 is 0 Å². The molecule has 0 radical (unpaired) electrons. The summed E-state index contributed by atoms with van der Waals surface area (Å²) in [6.07, 6.45) is 8.19. The van der Waals surface area contributed by atoms with Crippen molar-refractivity contribution in [3.05, 3.63) is 47.8 Å². The summed E-state index contributed by atoms with van der Waals surface area (Å²) in [5, 5.41) is 12.7. The molecule has 4 heteroatoms. The average Bonchev–Trinajstić information content (AvgIpc) is 2.97. The van der Waals surface area contributed by atoms with Gasteiger partial charge in [0.1, 0.15) is 5.60 Å². The largest absolute Gasteiger partial charge is 0.384 e. The van der Waals surface area contributed by atoms with Crippen LogP contribution in [-0.4, -0.2) is 22.3 Å². The highest BCUT2D eigenvalue weighted by Crippen LogP contribution is 2.33. The van der Waals surface area contributed by atoms with Gasteiger partial charge >= 0.3 is 0 Å². The number of aliphatic hydroxyl groups is 1. The summed E-state index contributed by atoms with van der Waals surface area (Å²) in [5.41, 5.74) is 7.86. The average molecular weight is 273 g/mol. The first-order chi connectivity index (χ1) is 9.76. The predicted molar refractivity (Wildman–Crippen MR) is 79.2 cm³/mol. The Balaban J connectivity index is 1.57. The lowest BCUT2D eigenvalue weighted by Gasteiger charge is -2.32. The lowest BCUT2D eigenvalue weighted by molar-refractivity contribution is 0.0330. The third kappa shape index (κ3) is 2.97. The van der Waals surface area contributed by atoms with Gasteiger partial charge in [0, 0.05) is 12.7 Å². The van der Waals surface area contributed by atoms with Crippen LogP contribution in [0.2, 0.25) is 0 Å². The summed E-state index contributed by atoms with van der Waals surface area (Å²) < 4.78 is 0. The van der Waals surface area contributed by atoms with Crippen LogP contribution in [0, 0.1) is 0 Å². The third-order valence-corrected chi connectivity index (χ3v) is 4.29. The van der Waals surface area contributed by atoms with E-state index in [2.05, 4.69) is 35.2 Å². The molecule has 108 valence electrons. The molecular formula is C16H23N3O. The number of nitrogens with one attached hydrogen (secondary N) is 2. The van der Waals surface area contributed by atoms with Gasteiger partial charge in [0.05, 0.1) is 5.70 Å². The summed E-state index contributed by atoms with van der Waals surface area (Å²) in [5.74, 6) is 0. The van der Waals surface area contributed by atoms with Gasteiger partial charge in [-0.3, -0.25) is 5.01 Å². The molecule has 0 atom stereocenters. The predicted octanol–water partition coefficient (Wildman–Crippen LogP) is 2.09. The number of hydrogen-bond acceptors (Lipinski definition) is 4. The van der Waals surface area contributed by atoms with Gasteiger partial charge in [-0.2, -0.15) is 0 Å². The fraction of sp³-hybridized carbons (Fsp3) is 0.500. The minimum Gasteiger partial charge on any atom is -0.384 e. The normalized spacial score (nSPS) is 21.4. The zero-order chi connectivity index (χ0) is 13.8. The Morgan fingerprint density at radius 1 is 1.10 bits per heavy atom. The second-order valence-electron chi connectivity index (χ2n) is 5.80. The first-order valence-electron chi connectivity index (χ1n) is 7.53. The molecule has 2 aliphatic rings. The Hall–Kier alpha value is -1.52. The minimum atomic E-state index is -0.660. The fourth-order valence-corrected chi connectivity index (χ4v) is 3.01. The van der Waals surface area contributed by atoms with E-state index in [-0.39, 0.29) is 0 Å². The fourth-order valence-electron chi connectivity index (χ4n) is 3.01. The highest BCUT2D eigenvalue weighted by molar-refractivity contribution is 5.18. The number of hydrazine groups is 2. The molecule has 0 unspecified atom stereocenters. The van der Waals surface area contributed by atoms with Gasteiger partial charge in [0.25, 0.3) is 0 Å². The summed E-state index contributed by atoms with van der Waals surface area (Å²) in [6.45, 7) is 0.886. The first-order valence-corrected chi connectivity index (χ1v) is 7.53. The van der Waals surface area contributed by atoms with Gasteiger partial charge in [-0.15, -0.1) is 5.53 Å². The molecular weight excluding hydrogens is 250 g/mol. The molecule has 3 N–H and O–H groups in total. The first kappa shape index (κ1) is 13.5.